The third kappa shape index (κ3) is 1.92. The summed E-state index contributed by atoms with van der Waals surface area (Å²) in [7, 11) is 0. The standard InChI is InChI=1S/C4H4N2O2.H3N/c7-2-6-4-1-5-3-8-4;/h1-3H,(H,6,7);1H3. The van der Waals surface area contributed by atoms with E-state index in [-0.39, 0.29) is 6.15 Å². The van der Waals surface area contributed by atoms with E-state index in [9.17, 15) is 4.79 Å². The fourth-order valence-corrected chi connectivity index (χ4v) is 0.345. The minimum Gasteiger partial charge on any atom is -0.428 e. The maximum atomic E-state index is 9.67. The SMILES string of the molecule is N.O=CNc1cnco1. The van der Waals surface area contributed by atoms with Gasteiger partial charge in [-0.15, -0.1) is 0 Å². The van der Waals surface area contributed by atoms with Crippen LogP contribution in [0.5, 0.6) is 0 Å². The van der Waals surface area contributed by atoms with Crippen molar-refractivity contribution >= 4 is 12.3 Å². The van der Waals surface area contributed by atoms with Gasteiger partial charge in [0.15, 0.2) is 6.39 Å². The molecule has 0 radical (unpaired) electrons. The molecule has 0 aliphatic carbocycles. The number of hydrogen-bond donors (Lipinski definition) is 2. The number of aromatic nitrogens is 1. The first-order valence-electron chi connectivity index (χ1n) is 2.02. The van der Waals surface area contributed by atoms with Crippen molar-refractivity contribution in [1.82, 2.24) is 11.1 Å². The Morgan fingerprint density at radius 1 is 1.78 bits per heavy atom. The number of anilines is 1. The predicted molar refractivity (Wildman–Crippen MR) is 31.2 cm³/mol. The zero-order chi connectivity index (χ0) is 5.82. The lowest BCUT2D eigenvalue weighted by Gasteiger charge is -1.82. The molecule has 0 saturated heterocycles. The van der Waals surface area contributed by atoms with E-state index in [1.807, 2.05) is 0 Å². The van der Waals surface area contributed by atoms with Gasteiger partial charge < -0.3 is 10.6 Å². The van der Waals surface area contributed by atoms with Gasteiger partial charge in [-0.05, 0) is 0 Å². The van der Waals surface area contributed by atoms with Gasteiger partial charge in [0.05, 0.1) is 6.20 Å². The number of hydrogen-bond acceptors (Lipinski definition) is 4. The zero-order valence-corrected chi connectivity index (χ0v) is 4.70. The van der Waals surface area contributed by atoms with Crippen LogP contribution >= 0.6 is 0 Å². The van der Waals surface area contributed by atoms with Crippen LogP contribution in [0.3, 0.4) is 0 Å². The third-order valence-electron chi connectivity index (χ3n) is 0.634. The van der Waals surface area contributed by atoms with Crippen LogP contribution in [0.15, 0.2) is 17.0 Å². The molecule has 0 spiro atoms. The molecule has 0 atom stereocenters. The monoisotopic (exact) mass is 129 g/mol. The number of nitrogens with one attached hydrogen (secondary N) is 1. The van der Waals surface area contributed by atoms with E-state index in [0.717, 1.165) is 0 Å². The highest BCUT2D eigenvalue weighted by Gasteiger charge is 1.87. The zero-order valence-electron chi connectivity index (χ0n) is 4.70. The van der Waals surface area contributed by atoms with Crippen molar-refractivity contribution < 1.29 is 9.21 Å². The number of nitrogens with zero attached hydrogens (tertiary/aromatic N) is 1. The summed E-state index contributed by atoms with van der Waals surface area (Å²) in [6, 6.07) is 0. The molecule has 0 aromatic carbocycles. The maximum absolute atomic E-state index is 9.67. The topological polar surface area (TPSA) is 90.1 Å². The minimum absolute atomic E-state index is 0. The van der Waals surface area contributed by atoms with E-state index >= 15 is 0 Å². The molecule has 0 saturated carbocycles. The van der Waals surface area contributed by atoms with Gasteiger partial charge in [-0.3, -0.25) is 10.1 Å². The second-order valence-electron chi connectivity index (χ2n) is 1.13. The van der Waals surface area contributed by atoms with Gasteiger partial charge in [-0.1, -0.05) is 0 Å². The molecule has 9 heavy (non-hydrogen) atoms. The fraction of sp³-hybridized carbons (Fsp3) is 0. The smallest absolute Gasteiger partial charge is 0.219 e. The predicted octanol–water partition coefficient (Wildman–Crippen LogP) is 0.405. The summed E-state index contributed by atoms with van der Waals surface area (Å²) in [6.07, 6.45) is 3.18. The molecule has 1 amide bonds. The van der Waals surface area contributed by atoms with Crippen molar-refractivity contribution in [1.29, 1.82) is 0 Å². The van der Waals surface area contributed by atoms with Crippen LogP contribution in [0, 0.1) is 0 Å². The lowest BCUT2D eigenvalue weighted by atomic mass is 10.8. The molecule has 0 aliphatic heterocycles. The fourth-order valence-electron chi connectivity index (χ4n) is 0.345. The van der Waals surface area contributed by atoms with Gasteiger partial charge in [0.25, 0.3) is 0 Å². The third-order valence-corrected chi connectivity index (χ3v) is 0.634. The molecule has 0 unspecified atom stereocenters. The number of rotatable bonds is 2. The van der Waals surface area contributed by atoms with E-state index in [1.54, 1.807) is 0 Å². The summed E-state index contributed by atoms with van der Waals surface area (Å²) in [5, 5.41) is 2.28. The van der Waals surface area contributed by atoms with Crippen LogP contribution in [-0.2, 0) is 4.79 Å². The molecular weight excluding hydrogens is 122 g/mol. The summed E-state index contributed by atoms with van der Waals surface area (Å²) in [5.74, 6) is 0.361. The van der Waals surface area contributed by atoms with Crippen molar-refractivity contribution in [3.8, 4) is 0 Å². The Hall–Kier alpha value is -1.36. The molecule has 5 heteroatoms. The van der Waals surface area contributed by atoms with Crippen molar-refractivity contribution in [3.05, 3.63) is 12.6 Å². The second-order valence-corrected chi connectivity index (χ2v) is 1.13. The molecule has 5 nitrogen and oxygen atoms in total. The first kappa shape index (κ1) is 7.64. The van der Waals surface area contributed by atoms with Crippen LogP contribution in [-0.4, -0.2) is 11.4 Å². The summed E-state index contributed by atoms with van der Waals surface area (Å²) in [4.78, 5) is 13.2. The number of carbonyl (C=O) groups is 1. The lowest BCUT2D eigenvalue weighted by Crippen LogP contribution is -1.89. The highest BCUT2D eigenvalue weighted by atomic mass is 16.4. The van der Waals surface area contributed by atoms with Gasteiger partial charge in [0.2, 0.25) is 12.3 Å². The van der Waals surface area contributed by atoms with Crippen LogP contribution in [0.25, 0.3) is 0 Å². The Bertz CT molecular complexity index is 160. The molecule has 1 aromatic rings. The van der Waals surface area contributed by atoms with E-state index in [0.29, 0.717) is 12.3 Å². The van der Waals surface area contributed by atoms with Crippen molar-refractivity contribution in [2.45, 2.75) is 0 Å². The van der Waals surface area contributed by atoms with Crippen molar-refractivity contribution in [3.63, 3.8) is 0 Å². The van der Waals surface area contributed by atoms with Gasteiger partial charge in [0, 0.05) is 0 Å². The molecule has 1 aromatic heterocycles. The van der Waals surface area contributed by atoms with E-state index in [4.69, 9.17) is 0 Å². The van der Waals surface area contributed by atoms with Crippen molar-refractivity contribution in [2.75, 3.05) is 5.32 Å². The average molecular weight is 129 g/mol. The average Bonchev–Trinajstić information content (AvgIpc) is 2.19. The van der Waals surface area contributed by atoms with Crippen LogP contribution in [0.1, 0.15) is 0 Å². The molecule has 0 aliphatic rings. The number of carbonyl (C=O) groups excluding carboxylic acids is 1. The Morgan fingerprint density at radius 2 is 2.56 bits per heavy atom. The minimum atomic E-state index is 0. The maximum Gasteiger partial charge on any atom is 0.219 e. The Balaban J connectivity index is 0.000000640. The largest absolute Gasteiger partial charge is 0.428 e. The van der Waals surface area contributed by atoms with E-state index in [1.165, 1.54) is 12.6 Å². The molecule has 4 N–H and O–H groups in total. The summed E-state index contributed by atoms with van der Waals surface area (Å²) >= 11 is 0. The molecular formula is C4H7N3O2. The number of oxazole rings is 1. The Labute approximate surface area is 51.7 Å². The highest BCUT2D eigenvalue weighted by molar-refractivity contribution is 5.66. The van der Waals surface area contributed by atoms with Gasteiger partial charge in [-0.25, -0.2) is 4.98 Å². The first-order chi connectivity index (χ1) is 3.93. The Morgan fingerprint density at radius 3 is 3.00 bits per heavy atom. The molecule has 0 bridgehead atoms. The Kier molecular flexibility index (Phi) is 3.07. The first-order valence-corrected chi connectivity index (χ1v) is 2.02. The van der Waals surface area contributed by atoms with Crippen LogP contribution in [0.4, 0.5) is 5.88 Å². The van der Waals surface area contributed by atoms with Gasteiger partial charge in [0.1, 0.15) is 0 Å². The lowest BCUT2D eigenvalue weighted by molar-refractivity contribution is -0.105. The molecule has 1 rings (SSSR count). The number of amides is 1. The van der Waals surface area contributed by atoms with E-state index < -0.39 is 0 Å². The highest BCUT2D eigenvalue weighted by Crippen LogP contribution is 1.99. The quantitative estimate of drug-likeness (QED) is 0.565. The van der Waals surface area contributed by atoms with Gasteiger partial charge >= 0.3 is 0 Å². The second kappa shape index (κ2) is 3.62. The van der Waals surface area contributed by atoms with Crippen LogP contribution in [0.2, 0.25) is 0 Å². The van der Waals surface area contributed by atoms with Gasteiger partial charge in [-0.2, -0.15) is 0 Å². The summed E-state index contributed by atoms with van der Waals surface area (Å²) < 4.78 is 4.62. The normalized spacial score (nSPS) is 7.56. The van der Waals surface area contributed by atoms with Crippen molar-refractivity contribution in [2.24, 2.45) is 0 Å². The van der Waals surface area contributed by atoms with Crippen LogP contribution < -0.4 is 11.5 Å². The summed E-state index contributed by atoms with van der Waals surface area (Å²) in [6.45, 7) is 0. The molecule has 0 fully saturated rings. The molecule has 1 heterocycles. The molecule has 50 valence electrons. The summed E-state index contributed by atoms with van der Waals surface area (Å²) in [5.41, 5.74) is 0. The van der Waals surface area contributed by atoms with E-state index in [2.05, 4.69) is 14.7 Å².